The normalized spacial score (nSPS) is 13.2. The van der Waals surface area contributed by atoms with E-state index >= 15 is 0 Å². The Hall–Kier alpha value is -1.92. The number of carboxylic acids is 1. The maximum atomic E-state index is 11.2. The van der Waals surface area contributed by atoms with Gasteiger partial charge in [-0.3, -0.25) is 10.1 Å². The van der Waals surface area contributed by atoms with Crippen LogP contribution >= 0.6 is 12.4 Å². The third-order valence-corrected chi connectivity index (χ3v) is 3.30. The molecule has 0 saturated heterocycles. The molecule has 1 aromatic carbocycles. The van der Waals surface area contributed by atoms with Gasteiger partial charge in [-0.1, -0.05) is 36.8 Å². The van der Waals surface area contributed by atoms with Gasteiger partial charge in [-0.15, -0.1) is 17.5 Å². The van der Waals surface area contributed by atoms with Crippen molar-refractivity contribution < 1.29 is 9.90 Å². The number of hydrogen-bond acceptors (Lipinski definition) is 4. The topological polar surface area (TPSA) is 80.0 Å². The van der Waals surface area contributed by atoms with Gasteiger partial charge in [0.25, 0.3) is 0 Å². The van der Waals surface area contributed by atoms with E-state index in [2.05, 4.69) is 15.6 Å². The molecule has 7 heteroatoms. The van der Waals surface area contributed by atoms with Gasteiger partial charge in [-0.05, 0) is 25.5 Å². The van der Waals surface area contributed by atoms with Crippen molar-refractivity contribution in [3.05, 3.63) is 42.2 Å². The number of aliphatic carboxylic acids is 1. The average molecular weight is 325 g/mol. The number of carboxylic acid groups (broad SMARTS) is 1. The first-order valence-electron chi connectivity index (χ1n) is 7.08. The maximum Gasteiger partial charge on any atom is 0.320 e. The van der Waals surface area contributed by atoms with Crippen LogP contribution in [0.3, 0.4) is 0 Å². The van der Waals surface area contributed by atoms with Gasteiger partial charge in [0.1, 0.15) is 6.04 Å². The summed E-state index contributed by atoms with van der Waals surface area (Å²) >= 11 is 0. The third kappa shape index (κ3) is 4.54. The molecule has 0 saturated carbocycles. The molecule has 0 amide bonds. The summed E-state index contributed by atoms with van der Waals surface area (Å²) in [6.07, 6.45) is 3.22. The molecule has 0 bridgehead atoms. The quantitative estimate of drug-likeness (QED) is 0.818. The SMILES string of the molecule is CCCC(NC(C)c1cn(-c2ccccc2)nn1)C(=O)O.Cl. The van der Waals surface area contributed by atoms with Gasteiger partial charge in [0.15, 0.2) is 0 Å². The highest BCUT2D eigenvalue weighted by atomic mass is 35.5. The Balaban J connectivity index is 0.00000242. The van der Waals surface area contributed by atoms with Crippen LogP contribution in [-0.4, -0.2) is 32.1 Å². The smallest absolute Gasteiger partial charge is 0.320 e. The molecule has 2 aromatic rings. The first-order valence-corrected chi connectivity index (χ1v) is 7.08. The molecule has 2 unspecified atom stereocenters. The number of aromatic nitrogens is 3. The lowest BCUT2D eigenvalue weighted by atomic mass is 10.1. The summed E-state index contributed by atoms with van der Waals surface area (Å²) in [6.45, 7) is 3.86. The number of benzene rings is 1. The van der Waals surface area contributed by atoms with Gasteiger partial charge in [0.2, 0.25) is 0 Å². The van der Waals surface area contributed by atoms with Crippen molar-refractivity contribution in [2.24, 2.45) is 0 Å². The Morgan fingerprint density at radius 2 is 2.05 bits per heavy atom. The molecule has 0 spiro atoms. The van der Waals surface area contributed by atoms with Crippen LogP contribution in [0.2, 0.25) is 0 Å². The monoisotopic (exact) mass is 324 g/mol. The molecule has 0 fully saturated rings. The van der Waals surface area contributed by atoms with Crippen LogP contribution in [0.15, 0.2) is 36.5 Å². The van der Waals surface area contributed by atoms with Crippen molar-refractivity contribution in [3.63, 3.8) is 0 Å². The summed E-state index contributed by atoms with van der Waals surface area (Å²) in [5.74, 6) is -0.834. The van der Waals surface area contributed by atoms with E-state index in [4.69, 9.17) is 0 Å². The highest BCUT2D eigenvalue weighted by Crippen LogP contribution is 2.13. The number of para-hydroxylation sites is 1. The average Bonchev–Trinajstić information content (AvgIpc) is 2.97. The molecule has 6 nitrogen and oxygen atoms in total. The molecule has 2 rings (SSSR count). The summed E-state index contributed by atoms with van der Waals surface area (Å²) in [6, 6.07) is 8.94. The summed E-state index contributed by atoms with van der Waals surface area (Å²) in [5.41, 5.74) is 1.65. The number of carbonyl (C=O) groups is 1. The Morgan fingerprint density at radius 3 is 2.64 bits per heavy atom. The van der Waals surface area contributed by atoms with E-state index in [0.717, 1.165) is 17.8 Å². The molecule has 0 aliphatic carbocycles. The van der Waals surface area contributed by atoms with E-state index < -0.39 is 12.0 Å². The van der Waals surface area contributed by atoms with Crippen LogP contribution in [0, 0.1) is 0 Å². The zero-order valence-corrected chi connectivity index (χ0v) is 13.5. The van der Waals surface area contributed by atoms with E-state index in [1.807, 2.05) is 50.4 Å². The highest BCUT2D eigenvalue weighted by Gasteiger charge is 2.20. The van der Waals surface area contributed by atoms with E-state index in [0.29, 0.717) is 6.42 Å². The van der Waals surface area contributed by atoms with Crippen LogP contribution in [0.25, 0.3) is 5.69 Å². The van der Waals surface area contributed by atoms with E-state index in [-0.39, 0.29) is 18.4 Å². The molecule has 2 atom stereocenters. The van der Waals surface area contributed by atoms with E-state index in [9.17, 15) is 9.90 Å². The molecule has 1 aromatic heterocycles. The first-order chi connectivity index (χ1) is 10.1. The minimum absolute atomic E-state index is 0. The predicted octanol–water partition coefficient (Wildman–Crippen LogP) is 2.59. The van der Waals surface area contributed by atoms with Crippen LogP contribution in [0.5, 0.6) is 0 Å². The van der Waals surface area contributed by atoms with Crippen molar-refractivity contribution in [3.8, 4) is 5.69 Å². The molecule has 0 radical (unpaired) electrons. The first kappa shape index (κ1) is 18.1. The minimum Gasteiger partial charge on any atom is -0.480 e. The summed E-state index contributed by atoms with van der Waals surface area (Å²) < 4.78 is 1.68. The van der Waals surface area contributed by atoms with Crippen LogP contribution < -0.4 is 5.32 Å². The molecular weight excluding hydrogens is 304 g/mol. The molecule has 0 aliphatic rings. The largest absolute Gasteiger partial charge is 0.480 e. The van der Waals surface area contributed by atoms with E-state index in [1.165, 1.54) is 0 Å². The Labute approximate surface area is 135 Å². The maximum absolute atomic E-state index is 11.2. The summed E-state index contributed by atoms with van der Waals surface area (Å²) in [7, 11) is 0. The highest BCUT2D eigenvalue weighted by molar-refractivity contribution is 5.85. The molecular formula is C15H21ClN4O2. The van der Waals surface area contributed by atoms with Gasteiger partial charge in [0, 0.05) is 0 Å². The van der Waals surface area contributed by atoms with Crippen molar-refractivity contribution in [1.82, 2.24) is 20.3 Å². The molecule has 1 heterocycles. The summed E-state index contributed by atoms with van der Waals surface area (Å²) in [4.78, 5) is 11.2. The number of halogens is 1. The Kier molecular flexibility index (Phi) is 7.01. The van der Waals surface area contributed by atoms with Crippen LogP contribution in [0.1, 0.15) is 38.4 Å². The lowest BCUT2D eigenvalue weighted by molar-refractivity contribution is -0.139. The van der Waals surface area contributed by atoms with Crippen LogP contribution in [0.4, 0.5) is 0 Å². The second-order valence-electron chi connectivity index (χ2n) is 4.99. The molecule has 2 N–H and O–H groups in total. The zero-order valence-electron chi connectivity index (χ0n) is 12.6. The fraction of sp³-hybridized carbons (Fsp3) is 0.400. The predicted molar refractivity (Wildman–Crippen MR) is 86.5 cm³/mol. The van der Waals surface area contributed by atoms with E-state index in [1.54, 1.807) is 4.68 Å². The van der Waals surface area contributed by atoms with Crippen molar-refractivity contribution in [2.45, 2.75) is 38.8 Å². The Bertz CT molecular complexity index is 588. The molecule has 0 aliphatic heterocycles. The van der Waals surface area contributed by atoms with Gasteiger partial charge in [-0.2, -0.15) is 0 Å². The van der Waals surface area contributed by atoms with Crippen molar-refractivity contribution in [1.29, 1.82) is 0 Å². The number of nitrogens with zero attached hydrogens (tertiary/aromatic N) is 3. The van der Waals surface area contributed by atoms with Gasteiger partial charge < -0.3 is 5.11 Å². The van der Waals surface area contributed by atoms with Gasteiger partial charge >= 0.3 is 5.97 Å². The fourth-order valence-corrected chi connectivity index (χ4v) is 2.14. The van der Waals surface area contributed by atoms with Gasteiger partial charge in [0.05, 0.1) is 23.6 Å². The van der Waals surface area contributed by atoms with Gasteiger partial charge in [-0.25, -0.2) is 4.68 Å². The van der Waals surface area contributed by atoms with Crippen LogP contribution in [-0.2, 0) is 4.79 Å². The lowest BCUT2D eigenvalue weighted by Crippen LogP contribution is -2.38. The molecule has 22 heavy (non-hydrogen) atoms. The number of nitrogens with one attached hydrogen (secondary N) is 1. The fourth-order valence-electron chi connectivity index (χ4n) is 2.14. The Morgan fingerprint density at radius 1 is 1.36 bits per heavy atom. The standard InChI is InChI=1S/C15H20N4O2.ClH/c1-3-7-13(15(20)21)16-11(2)14-10-19(18-17-14)12-8-5-4-6-9-12;/h4-6,8-11,13,16H,3,7H2,1-2H3,(H,20,21);1H. The molecule has 120 valence electrons. The summed E-state index contributed by atoms with van der Waals surface area (Å²) in [5, 5.41) is 20.5. The second-order valence-corrected chi connectivity index (χ2v) is 4.99. The third-order valence-electron chi connectivity index (χ3n) is 3.30. The lowest BCUT2D eigenvalue weighted by Gasteiger charge is -2.17. The van der Waals surface area contributed by atoms with Crippen molar-refractivity contribution >= 4 is 18.4 Å². The van der Waals surface area contributed by atoms with Crippen molar-refractivity contribution in [2.75, 3.05) is 0 Å². The number of rotatable bonds is 7. The minimum atomic E-state index is -0.834. The number of hydrogen-bond donors (Lipinski definition) is 2. The second kappa shape index (κ2) is 8.51. The zero-order chi connectivity index (χ0) is 15.2.